The number of nitrogens with zero attached hydrogens (tertiary/aromatic N) is 1. The maximum Gasteiger partial charge on any atom is 0.0575 e. The van der Waals surface area contributed by atoms with Crippen LogP contribution in [0.1, 0.15) is 5.56 Å². The van der Waals surface area contributed by atoms with Crippen LogP contribution in [0.5, 0.6) is 0 Å². The van der Waals surface area contributed by atoms with Crippen molar-refractivity contribution in [2.45, 2.75) is 6.54 Å². The lowest BCUT2D eigenvalue weighted by Gasteiger charge is -2.15. The normalized spacial score (nSPS) is 9.92. The predicted octanol–water partition coefficient (Wildman–Crippen LogP) is 1.04. The summed E-state index contributed by atoms with van der Waals surface area (Å²) >= 11 is 0. The molecule has 1 aromatic rings. The van der Waals surface area contributed by atoms with E-state index in [1.165, 1.54) is 5.01 Å². The Kier molecular flexibility index (Phi) is 3.08. The quantitative estimate of drug-likeness (QED) is 0.678. The van der Waals surface area contributed by atoms with Crippen LogP contribution in [0.2, 0.25) is 0 Å². The number of hydrogen-bond donors (Lipinski definition) is 1. The summed E-state index contributed by atoms with van der Waals surface area (Å²) in [5, 5.41) is 4.45. The first-order chi connectivity index (χ1) is 5.75. The van der Waals surface area contributed by atoms with Crippen LogP contribution < -0.4 is 16.2 Å². The lowest BCUT2D eigenvalue weighted by atomic mass is 10.2. The van der Waals surface area contributed by atoms with E-state index in [0.717, 1.165) is 17.8 Å². The molecule has 0 saturated heterocycles. The van der Waals surface area contributed by atoms with Gasteiger partial charge < -0.3 is 5.32 Å². The largest absolute Gasteiger partial charge is 0.316 e. The third-order valence-corrected chi connectivity index (χ3v) is 1.72. The Bertz CT molecular complexity index is 245. The molecule has 65 valence electrons. The summed E-state index contributed by atoms with van der Waals surface area (Å²) in [5.41, 5.74) is 2.10. The lowest BCUT2D eigenvalue weighted by Crippen LogP contribution is -2.17. The van der Waals surface area contributed by atoms with E-state index in [9.17, 15) is 0 Å². The van der Waals surface area contributed by atoms with Crippen molar-refractivity contribution in [1.29, 1.82) is 0 Å². The average Bonchev–Trinajstić information content (AvgIpc) is 2.05. The Hall–Kier alpha value is -1.06. The van der Waals surface area contributed by atoms with Gasteiger partial charge in [0.05, 0.1) is 5.69 Å². The molecule has 3 nitrogen and oxygen atoms in total. The number of anilines is 1. The number of para-hydroxylation sites is 1. The molecule has 1 radical (unpaired) electrons. The van der Waals surface area contributed by atoms with Crippen molar-refractivity contribution in [3.05, 3.63) is 29.8 Å². The maximum atomic E-state index is 7.44. The van der Waals surface area contributed by atoms with Crippen LogP contribution in [-0.2, 0) is 6.54 Å². The molecule has 0 aliphatic carbocycles. The highest BCUT2D eigenvalue weighted by Crippen LogP contribution is 2.16. The van der Waals surface area contributed by atoms with Crippen LogP contribution in [0.3, 0.4) is 0 Å². The monoisotopic (exact) mass is 164 g/mol. The van der Waals surface area contributed by atoms with Crippen molar-refractivity contribution in [1.82, 2.24) is 11.2 Å². The SMILES string of the molecule is CNCc1ccccc1N(C)[NH]. The molecule has 0 spiro atoms. The highest BCUT2D eigenvalue weighted by molar-refractivity contribution is 5.51. The standard InChI is InChI=1S/C9H14N3/c1-11-7-8-5-3-4-6-9(8)12(2)10/h3-6,10-11H,7H2,1-2H3. The van der Waals surface area contributed by atoms with E-state index in [2.05, 4.69) is 5.32 Å². The van der Waals surface area contributed by atoms with Gasteiger partial charge in [-0.15, -0.1) is 0 Å². The van der Waals surface area contributed by atoms with Gasteiger partial charge in [-0.1, -0.05) is 18.2 Å². The van der Waals surface area contributed by atoms with Crippen molar-refractivity contribution in [2.75, 3.05) is 19.1 Å². The third kappa shape index (κ3) is 1.96. The van der Waals surface area contributed by atoms with E-state index in [4.69, 9.17) is 5.84 Å². The maximum absolute atomic E-state index is 7.44. The molecule has 0 aliphatic rings. The zero-order chi connectivity index (χ0) is 8.97. The molecule has 0 bridgehead atoms. The Morgan fingerprint density at radius 1 is 1.42 bits per heavy atom. The summed E-state index contributed by atoms with van der Waals surface area (Å²) in [5.74, 6) is 7.44. The molecule has 0 aromatic heterocycles. The van der Waals surface area contributed by atoms with Crippen LogP contribution in [0.25, 0.3) is 0 Å². The molecule has 3 heteroatoms. The number of rotatable bonds is 3. The van der Waals surface area contributed by atoms with Crippen molar-refractivity contribution < 1.29 is 0 Å². The summed E-state index contributed by atoms with van der Waals surface area (Å²) < 4.78 is 0. The number of nitrogens with one attached hydrogen (secondary N) is 2. The molecule has 0 atom stereocenters. The van der Waals surface area contributed by atoms with Gasteiger partial charge in [-0.3, -0.25) is 5.01 Å². The lowest BCUT2D eigenvalue weighted by molar-refractivity contribution is 0.809. The Morgan fingerprint density at radius 3 is 2.67 bits per heavy atom. The van der Waals surface area contributed by atoms with Crippen molar-refractivity contribution >= 4 is 5.69 Å². The van der Waals surface area contributed by atoms with Crippen molar-refractivity contribution in [3.63, 3.8) is 0 Å². The van der Waals surface area contributed by atoms with Crippen molar-refractivity contribution in [2.24, 2.45) is 0 Å². The second-order valence-electron chi connectivity index (χ2n) is 2.72. The van der Waals surface area contributed by atoms with Gasteiger partial charge in [0, 0.05) is 13.6 Å². The van der Waals surface area contributed by atoms with E-state index in [1.807, 2.05) is 31.3 Å². The zero-order valence-corrected chi connectivity index (χ0v) is 7.46. The van der Waals surface area contributed by atoms with E-state index >= 15 is 0 Å². The fourth-order valence-corrected chi connectivity index (χ4v) is 1.18. The van der Waals surface area contributed by atoms with Crippen LogP contribution in [0.15, 0.2) is 24.3 Å². The first-order valence-corrected chi connectivity index (χ1v) is 3.93. The Balaban J connectivity index is 2.92. The Labute approximate surface area is 73.1 Å². The molecule has 0 aliphatic heterocycles. The summed E-state index contributed by atoms with van der Waals surface area (Å²) in [6, 6.07) is 7.90. The second kappa shape index (κ2) is 4.09. The molecule has 0 amide bonds. The minimum absolute atomic E-state index is 0.805. The van der Waals surface area contributed by atoms with Gasteiger partial charge >= 0.3 is 0 Å². The molecule has 0 heterocycles. The summed E-state index contributed by atoms with van der Waals surface area (Å²) in [6.07, 6.45) is 0. The van der Waals surface area contributed by atoms with Crippen LogP contribution in [-0.4, -0.2) is 14.1 Å². The molecular formula is C9H14N3. The fraction of sp³-hybridized carbons (Fsp3) is 0.333. The van der Waals surface area contributed by atoms with Crippen LogP contribution in [0, 0.1) is 0 Å². The molecular weight excluding hydrogens is 150 g/mol. The van der Waals surface area contributed by atoms with Crippen molar-refractivity contribution in [3.8, 4) is 0 Å². The topological polar surface area (TPSA) is 39.1 Å². The van der Waals surface area contributed by atoms with E-state index in [0.29, 0.717) is 0 Å². The second-order valence-corrected chi connectivity index (χ2v) is 2.72. The highest BCUT2D eigenvalue weighted by Gasteiger charge is 2.01. The minimum atomic E-state index is 0.805. The summed E-state index contributed by atoms with van der Waals surface area (Å²) in [7, 11) is 3.63. The average molecular weight is 164 g/mol. The molecule has 2 N–H and O–H groups in total. The Morgan fingerprint density at radius 2 is 2.08 bits per heavy atom. The van der Waals surface area contributed by atoms with E-state index in [1.54, 1.807) is 7.05 Å². The predicted molar refractivity (Wildman–Crippen MR) is 50.7 cm³/mol. The smallest absolute Gasteiger partial charge is 0.0575 e. The molecule has 0 unspecified atom stereocenters. The molecule has 1 rings (SSSR count). The van der Waals surface area contributed by atoms with Crippen LogP contribution in [0.4, 0.5) is 5.69 Å². The van der Waals surface area contributed by atoms with Gasteiger partial charge in [-0.25, -0.2) is 0 Å². The van der Waals surface area contributed by atoms with Gasteiger partial charge in [0.15, 0.2) is 0 Å². The highest BCUT2D eigenvalue weighted by atomic mass is 15.4. The first kappa shape index (κ1) is 9.03. The van der Waals surface area contributed by atoms with Gasteiger partial charge in [-0.05, 0) is 18.7 Å². The van der Waals surface area contributed by atoms with Gasteiger partial charge in [0.1, 0.15) is 0 Å². The van der Waals surface area contributed by atoms with Gasteiger partial charge in [-0.2, -0.15) is 5.84 Å². The number of benzene rings is 1. The molecule has 0 fully saturated rings. The summed E-state index contributed by atoms with van der Waals surface area (Å²) in [6.45, 7) is 0.805. The van der Waals surface area contributed by atoms with E-state index in [-0.39, 0.29) is 0 Å². The van der Waals surface area contributed by atoms with Gasteiger partial charge in [0.25, 0.3) is 0 Å². The van der Waals surface area contributed by atoms with Crippen LogP contribution >= 0.6 is 0 Å². The fourth-order valence-electron chi connectivity index (χ4n) is 1.18. The number of hydrogen-bond acceptors (Lipinski definition) is 2. The first-order valence-electron chi connectivity index (χ1n) is 3.93. The molecule has 0 saturated carbocycles. The van der Waals surface area contributed by atoms with E-state index < -0.39 is 0 Å². The molecule has 1 aromatic carbocycles. The zero-order valence-electron chi connectivity index (χ0n) is 7.46. The summed E-state index contributed by atoms with van der Waals surface area (Å²) in [4.78, 5) is 0. The van der Waals surface area contributed by atoms with Gasteiger partial charge in [0.2, 0.25) is 0 Å². The minimum Gasteiger partial charge on any atom is -0.316 e. The third-order valence-electron chi connectivity index (χ3n) is 1.72. The molecule has 12 heavy (non-hydrogen) atoms.